The van der Waals surface area contributed by atoms with Crippen LogP contribution in [0.3, 0.4) is 0 Å². The Bertz CT molecular complexity index is 434. The fourth-order valence-electron chi connectivity index (χ4n) is 2.41. The summed E-state index contributed by atoms with van der Waals surface area (Å²) >= 11 is 0. The molecule has 1 heterocycles. The molecule has 1 amide bonds. The van der Waals surface area contributed by atoms with Crippen LogP contribution in [0.1, 0.15) is 35.7 Å². The van der Waals surface area contributed by atoms with E-state index in [4.69, 9.17) is 5.73 Å². The summed E-state index contributed by atoms with van der Waals surface area (Å²) in [7, 11) is 0. The number of nitrogen functional groups attached to an aromatic ring is 1. The van der Waals surface area contributed by atoms with Gasteiger partial charge in [0.2, 0.25) is 0 Å². The minimum absolute atomic E-state index is 0. The molecule has 1 fully saturated rings. The third-order valence-electron chi connectivity index (χ3n) is 3.44. The molecule has 0 bridgehead atoms. The molecule has 0 aromatic heterocycles. The van der Waals surface area contributed by atoms with Gasteiger partial charge in [-0.25, -0.2) is 0 Å². The standard InChI is InChI=1S/C14H20N2O.ClH/c1-10-4-3-7-16(9-10)14(17)13-8-12(15)6-5-11(13)2;/h5-6,8,10H,3-4,7,9,15H2,1-2H3;1H. The number of piperidine rings is 1. The molecule has 0 spiro atoms. The van der Waals surface area contributed by atoms with E-state index in [0.717, 1.165) is 30.6 Å². The minimum atomic E-state index is 0. The van der Waals surface area contributed by atoms with Crippen LogP contribution in [0.5, 0.6) is 0 Å². The highest BCUT2D eigenvalue weighted by molar-refractivity contribution is 5.96. The normalized spacial score (nSPS) is 19.2. The average Bonchev–Trinajstić information content (AvgIpc) is 2.31. The Hall–Kier alpha value is -1.22. The van der Waals surface area contributed by atoms with Gasteiger partial charge >= 0.3 is 0 Å². The highest BCUT2D eigenvalue weighted by atomic mass is 35.5. The molecule has 100 valence electrons. The van der Waals surface area contributed by atoms with Gasteiger partial charge in [-0.15, -0.1) is 12.4 Å². The first-order valence-corrected chi connectivity index (χ1v) is 6.23. The molecule has 0 saturated carbocycles. The van der Waals surface area contributed by atoms with Crippen molar-refractivity contribution in [2.45, 2.75) is 26.7 Å². The summed E-state index contributed by atoms with van der Waals surface area (Å²) in [6, 6.07) is 5.54. The number of aryl methyl sites for hydroxylation is 1. The first-order valence-electron chi connectivity index (χ1n) is 6.23. The zero-order valence-electron chi connectivity index (χ0n) is 11.0. The van der Waals surface area contributed by atoms with Gasteiger partial charge < -0.3 is 10.6 Å². The number of nitrogens with two attached hydrogens (primary N) is 1. The molecule has 1 aliphatic heterocycles. The third kappa shape index (κ3) is 3.16. The highest BCUT2D eigenvalue weighted by Gasteiger charge is 2.22. The van der Waals surface area contributed by atoms with E-state index >= 15 is 0 Å². The van der Waals surface area contributed by atoms with Crippen molar-refractivity contribution in [2.24, 2.45) is 5.92 Å². The maximum absolute atomic E-state index is 12.4. The lowest BCUT2D eigenvalue weighted by Gasteiger charge is -2.31. The predicted molar refractivity (Wildman–Crippen MR) is 77.1 cm³/mol. The van der Waals surface area contributed by atoms with Crippen LogP contribution in [0.15, 0.2) is 18.2 Å². The Balaban J connectivity index is 0.00000162. The summed E-state index contributed by atoms with van der Waals surface area (Å²) in [4.78, 5) is 14.3. The Morgan fingerprint density at radius 3 is 2.83 bits per heavy atom. The van der Waals surface area contributed by atoms with Gasteiger partial charge in [0.1, 0.15) is 0 Å². The van der Waals surface area contributed by atoms with Crippen molar-refractivity contribution >= 4 is 24.0 Å². The maximum Gasteiger partial charge on any atom is 0.254 e. The van der Waals surface area contributed by atoms with Crippen LogP contribution >= 0.6 is 12.4 Å². The second kappa shape index (κ2) is 6.10. The number of benzene rings is 1. The first kappa shape index (κ1) is 14.8. The number of anilines is 1. The zero-order chi connectivity index (χ0) is 12.4. The molecule has 1 saturated heterocycles. The average molecular weight is 269 g/mol. The largest absolute Gasteiger partial charge is 0.399 e. The summed E-state index contributed by atoms with van der Waals surface area (Å²) in [5, 5.41) is 0. The Labute approximate surface area is 115 Å². The van der Waals surface area contributed by atoms with Gasteiger partial charge in [0.05, 0.1) is 0 Å². The van der Waals surface area contributed by atoms with Crippen LogP contribution in [-0.4, -0.2) is 23.9 Å². The smallest absolute Gasteiger partial charge is 0.254 e. The Kier molecular flexibility index (Phi) is 5.03. The van der Waals surface area contributed by atoms with Crippen LogP contribution in [0, 0.1) is 12.8 Å². The summed E-state index contributed by atoms with van der Waals surface area (Å²) in [6.45, 7) is 5.90. The summed E-state index contributed by atoms with van der Waals surface area (Å²) in [5.74, 6) is 0.732. The number of carbonyl (C=O) groups is 1. The topological polar surface area (TPSA) is 46.3 Å². The van der Waals surface area contributed by atoms with E-state index in [1.165, 1.54) is 6.42 Å². The number of hydrogen-bond donors (Lipinski definition) is 1. The molecule has 18 heavy (non-hydrogen) atoms. The van der Waals surface area contributed by atoms with Crippen LogP contribution < -0.4 is 5.73 Å². The summed E-state index contributed by atoms with van der Waals surface area (Å²) < 4.78 is 0. The fraction of sp³-hybridized carbons (Fsp3) is 0.500. The van der Waals surface area contributed by atoms with Gasteiger partial charge in [0, 0.05) is 24.3 Å². The number of halogens is 1. The lowest BCUT2D eigenvalue weighted by Crippen LogP contribution is -2.39. The number of likely N-dealkylation sites (tertiary alicyclic amines) is 1. The van der Waals surface area contributed by atoms with Crippen molar-refractivity contribution < 1.29 is 4.79 Å². The number of nitrogens with zero attached hydrogens (tertiary/aromatic N) is 1. The number of carbonyl (C=O) groups excluding carboxylic acids is 1. The van der Waals surface area contributed by atoms with Gasteiger partial charge in [0.15, 0.2) is 0 Å². The Morgan fingerprint density at radius 1 is 1.44 bits per heavy atom. The van der Waals surface area contributed by atoms with Gasteiger partial charge in [-0.2, -0.15) is 0 Å². The monoisotopic (exact) mass is 268 g/mol. The number of hydrogen-bond acceptors (Lipinski definition) is 2. The molecule has 2 rings (SSSR count). The van der Waals surface area contributed by atoms with Gasteiger partial charge in [-0.05, 0) is 43.4 Å². The lowest BCUT2D eigenvalue weighted by atomic mass is 9.98. The second-order valence-corrected chi connectivity index (χ2v) is 5.07. The fourth-order valence-corrected chi connectivity index (χ4v) is 2.41. The number of rotatable bonds is 1. The van der Waals surface area contributed by atoms with Gasteiger partial charge in [-0.3, -0.25) is 4.79 Å². The molecule has 3 nitrogen and oxygen atoms in total. The van der Waals surface area contributed by atoms with Crippen LogP contribution in [0.25, 0.3) is 0 Å². The molecule has 1 aromatic carbocycles. The van der Waals surface area contributed by atoms with Crippen molar-refractivity contribution in [2.75, 3.05) is 18.8 Å². The van der Waals surface area contributed by atoms with Crippen molar-refractivity contribution in [3.8, 4) is 0 Å². The summed E-state index contributed by atoms with van der Waals surface area (Å²) in [5.41, 5.74) is 8.16. The van der Waals surface area contributed by atoms with Crippen molar-refractivity contribution in [1.29, 1.82) is 0 Å². The van der Waals surface area contributed by atoms with E-state index in [-0.39, 0.29) is 18.3 Å². The van der Waals surface area contributed by atoms with Crippen LogP contribution in [0.4, 0.5) is 5.69 Å². The zero-order valence-corrected chi connectivity index (χ0v) is 11.8. The minimum Gasteiger partial charge on any atom is -0.399 e. The van der Waals surface area contributed by atoms with E-state index in [0.29, 0.717) is 11.6 Å². The first-order chi connectivity index (χ1) is 8.08. The molecular weight excluding hydrogens is 248 g/mol. The summed E-state index contributed by atoms with van der Waals surface area (Å²) in [6.07, 6.45) is 2.33. The SMILES string of the molecule is Cc1ccc(N)cc1C(=O)N1CCCC(C)C1.Cl. The predicted octanol–water partition coefficient (Wildman–Crippen LogP) is 2.87. The van der Waals surface area contributed by atoms with Crippen molar-refractivity contribution in [3.63, 3.8) is 0 Å². The molecule has 1 atom stereocenters. The Morgan fingerprint density at radius 2 is 2.17 bits per heavy atom. The van der Waals surface area contributed by atoms with Crippen molar-refractivity contribution in [3.05, 3.63) is 29.3 Å². The molecule has 1 aliphatic rings. The van der Waals surface area contributed by atoms with Gasteiger partial charge in [-0.1, -0.05) is 13.0 Å². The molecule has 0 aliphatic carbocycles. The molecule has 0 radical (unpaired) electrons. The van der Waals surface area contributed by atoms with E-state index in [9.17, 15) is 4.79 Å². The molecule has 2 N–H and O–H groups in total. The van der Waals surface area contributed by atoms with Crippen LogP contribution in [-0.2, 0) is 0 Å². The van der Waals surface area contributed by atoms with E-state index < -0.39 is 0 Å². The second-order valence-electron chi connectivity index (χ2n) is 5.07. The van der Waals surface area contributed by atoms with Gasteiger partial charge in [0.25, 0.3) is 5.91 Å². The third-order valence-corrected chi connectivity index (χ3v) is 3.44. The van der Waals surface area contributed by atoms with E-state index in [1.54, 1.807) is 6.07 Å². The lowest BCUT2D eigenvalue weighted by molar-refractivity contribution is 0.0682. The molecule has 1 aromatic rings. The van der Waals surface area contributed by atoms with E-state index in [1.807, 2.05) is 24.0 Å². The quantitative estimate of drug-likeness (QED) is 0.796. The molecule has 4 heteroatoms. The molecule has 1 unspecified atom stereocenters. The molecular formula is C14H21ClN2O. The van der Waals surface area contributed by atoms with Crippen LogP contribution in [0.2, 0.25) is 0 Å². The van der Waals surface area contributed by atoms with Crippen molar-refractivity contribution in [1.82, 2.24) is 4.90 Å². The number of amides is 1. The van der Waals surface area contributed by atoms with E-state index in [2.05, 4.69) is 6.92 Å². The highest BCUT2D eigenvalue weighted by Crippen LogP contribution is 2.20. The maximum atomic E-state index is 12.4.